The molecule has 7 nitrogen and oxygen atoms in total. The smallest absolute Gasteiger partial charge is 0.227 e. The number of hydrogen-bond acceptors (Lipinski definition) is 5. The molecule has 3 heterocycles. The van der Waals surface area contributed by atoms with Crippen LogP contribution in [-0.2, 0) is 9.59 Å². The number of piperazine rings is 1. The number of aryl methyl sites for hydroxylation is 1. The molecule has 1 unspecified atom stereocenters. The number of fused-ring (bicyclic) bond motifs is 1. The van der Waals surface area contributed by atoms with Gasteiger partial charge >= 0.3 is 0 Å². The molecule has 0 aliphatic carbocycles. The highest BCUT2D eigenvalue weighted by molar-refractivity contribution is 5.97. The Morgan fingerprint density at radius 3 is 2.57 bits per heavy atom. The number of anilines is 2. The lowest BCUT2D eigenvalue weighted by molar-refractivity contribution is -0.133. The van der Waals surface area contributed by atoms with E-state index in [1.807, 2.05) is 55.1 Å². The first-order valence-corrected chi connectivity index (χ1v) is 10.5. The van der Waals surface area contributed by atoms with Gasteiger partial charge in [-0.15, -0.1) is 0 Å². The number of hydrogen-bond donors (Lipinski definition) is 0. The fraction of sp³-hybridized carbons (Fsp3) is 0.435. The Labute approximate surface area is 177 Å². The standard InChI is InChI=1S/C23H28N4O3/c1-17-6-7-20-19(15-17)27(16-18(2)30-20)23(29)9-8-22(28)26-13-11-25(12-14-26)21-5-3-4-10-24-21/h3-7,10,15,18H,8-9,11-14,16H2,1-2H3. The third kappa shape index (κ3) is 4.40. The summed E-state index contributed by atoms with van der Waals surface area (Å²) < 4.78 is 5.86. The number of aromatic nitrogens is 1. The summed E-state index contributed by atoms with van der Waals surface area (Å²) in [5.74, 6) is 1.67. The van der Waals surface area contributed by atoms with Crippen LogP contribution in [0.1, 0.15) is 25.3 Å². The Bertz CT molecular complexity index is 910. The molecular weight excluding hydrogens is 380 g/mol. The predicted molar refractivity (Wildman–Crippen MR) is 116 cm³/mol. The highest BCUT2D eigenvalue weighted by Gasteiger charge is 2.29. The van der Waals surface area contributed by atoms with E-state index in [-0.39, 0.29) is 30.8 Å². The first-order chi connectivity index (χ1) is 14.5. The van der Waals surface area contributed by atoms with Gasteiger partial charge in [-0.05, 0) is 43.7 Å². The molecule has 1 aromatic carbocycles. The van der Waals surface area contributed by atoms with Crippen LogP contribution >= 0.6 is 0 Å². The summed E-state index contributed by atoms with van der Waals surface area (Å²) in [5.41, 5.74) is 1.88. The van der Waals surface area contributed by atoms with Crippen molar-refractivity contribution in [1.82, 2.24) is 9.88 Å². The third-order valence-electron chi connectivity index (χ3n) is 5.63. The summed E-state index contributed by atoms with van der Waals surface area (Å²) in [4.78, 5) is 35.8. The number of nitrogens with zero attached hydrogens (tertiary/aromatic N) is 4. The maximum atomic E-state index is 12.9. The molecule has 158 valence electrons. The monoisotopic (exact) mass is 408 g/mol. The second-order valence-corrected chi connectivity index (χ2v) is 7.96. The van der Waals surface area contributed by atoms with Crippen LogP contribution in [0.5, 0.6) is 5.75 Å². The molecule has 1 aromatic heterocycles. The van der Waals surface area contributed by atoms with Crippen molar-refractivity contribution in [1.29, 1.82) is 0 Å². The number of amides is 2. The van der Waals surface area contributed by atoms with Crippen LogP contribution in [0.15, 0.2) is 42.6 Å². The number of carbonyl (C=O) groups excluding carboxylic acids is 2. The normalized spacial score (nSPS) is 18.6. The van der Waals surface area contributed by atoms with Crippen molar-refractivity contribution in [3.63, 3.8) is 0 Å². The fourth-order valence-electron chi connectivity index (χ4n) is 4.02. The summed E-state index contributed by atoms with van der Waals surface area (Å²) in [5, 5.41) is 0. The van der Waals surface area contributed by atoms with Gasteiger partial charge in [0.25, 0.3) is 0 Å². The van der Waals surface area contributed by atoms with Gasteiger partial charge < -0.3 is 19.4 Å². The SMILES string of the molecule is Cc1ccc2c(c1)N(C(=O)CCC(=O)N1CCN(c3ccccn3)CC1)CC(C)O2. The number of ether oxygens (including phenoxy) is 1. The maximum absolute atomic E-state index is 12.9. The van der Waals surface area contributed by atoms with Crippen molar-refractivity contribution in [2.45, 2.75) is 32.8 Å². The topological polar surface area (TPSA) is 66.0 Å². The number of pyridine rings is 1. The van der Waals surface area contributed by atoms with E-state index in [0.717, 1.165) is 35.9 Å². The fourth-order valence-corrected chi connectivity index (χ4v) is 4.02. The van der Waals surface area contributed by atoms with Gasteiger partial charge in [0.1, 0.15) is 17.7 Å². The molecule has 2 amide bonds. The van der Waals surface area contributed by atoms with Gasteiger partial charge in [-0.1, -0.05) is 12.1 Å². The molecule has 2 aliphatic rings. The summed E-state index contributed by atoms with van der Waals surface area (Å²) in [6, 6.07) is 11.7. The zero-order valence-corrected chi connectivity index (χ0v) is 17.6. The van der Waals surface area contributed by atoms with E-state index in [9.17, 15) is 9.59 Å². The van der Waals surface area contributed by atoms with Gasteiger partial charge in [0.2, 0.25) is 11.8 Å². The van der Waals surface area contributed by atoms with Crippen LogP contribution in [0, 0.1) is 6.92 Å². The van der Waals surface area contributed by atoms with Gasteiger partial charge in [-0.2, -0.15) is 0 Å². The van der Waals surface area contributed by atoms with Crippen LogP contribution in [0.4, 0.5) is 11.5 Å². The molecule has 0 saturated carbocycles. The maximum Gasteiger partial charge on any atom is 0.227 e. The molecule has 7 heteroatoms. The van der Waals surface area contributed by atoms with Crippen molar-refractivity contribution in [2.75, 3.05) is 42.5 Å². The van der Waals surface area contributed by atoms with Crippen LogP contribution in [-0.4, -0.2) is 60.5 Å². The summed E-state index contributed by atoms with van der Waals surface area (Å²) in [7, 11) is 0. The van der Waals surface area contributed by atoms with Gasteiger partial charge in [-0.3, -0.25) is 9.59 Å². The van der Waals surface area contributed by atoms with Crippen LogP contribution in [0.2, 0.25) is 0 Å². The van der Waals surface area contributed by atoms with Gasteiger partial charge in [0.05, 0.1) is 12.2 Å². The van der Waals surface area contributed by atoms with Crippen LogP contribution in [0.3, 0.4) is 0 Å². The zero-order valence-electron chi connectivity index (χ0n) is 17.6. The molecule has 0 bridgehead atoms. The van der Waals surface area contributed by atoms with Gasteiger partial charge in [0.15, 0.2) is 0 Å². The molecule has 2 aliphatic heterocycles. The van der Waals surface area contributed by atoms with Crippen molar-refractivity contribution >= 4 is 23.3 Å². The molecule has 2 aromatic rings. The van der Waals surface area contributed by atoms with E-state index in [4.69, 9.17) is 4.74 Å². The van der Waals surface area contributed by atoms with Crippen molar-refractivity contribution in [3.05, 3.63) is 48.2 Å². The van der Waals surface area contributed by atoms with E-state index in [2.05, 4.69) is 9.88 Å². The van der Waals surface area contributed by atoms with Gasteiger partial charge in [0, 0.05) is 45.2 Å². The largest absolute Gasteiger partial charge is 0.487 e. The second kappa shape index (κ2) is 8.73. The quantitative estimate of drug-likeness (QED) is 0.778. The predicted octanol–water partition coefficient (Wildman–Crippen LogP) is 2.63. The first-order valence-electron chi connectivity index (χ1n) is 10.5. The van der Waals surface area contributed by atoms with Crippen molar-refractivity contribution < 1.29 is 14.3 Å². The Kier molecular flexibility index (Phi) is 5.88. The Hall–Kier alpha value is -3.09. The molecule has 1 fully saturated rings. The average molecular weight is 409 g/mol. The van der Waals surface area contributed by atoms with Crippen molar-refractivity contribution in [3.8, 4) is 5.75 Å². The highest BCUT2D eigenvalue weighted by Crippen LogP contribution is 2.34. The van der Waals surface area contributed by atoms with Crippen LogP contribution in [0.25, 0.3) is 0 Å². The van der Waals surface area contributed by atoms with Crippen LogP contribution < -0.4 is 14.5 Å². The van der Waals surface area contributed by atoms with Crippen molar-refractivity contribution in [2.24, 2.45) is 0 Å². The van der Waals surface area contributed by atoms with E-state index < -0.39 is 0 Å². The summed E-state index contributed by atoms with van der Waals surface area (Å²) >= 11 is 0. The molecule has 4 rings (SSSR count). The number of rotatable bonds is 4. The van der Waals surface area contributed by atoms with Gasteiger partial charge in [-0.25, -0.2) is 4.98 Å². The minimum atomic E-state index is -0.0699. The second-order valence-electron chi connectivity index (χ2n) is 7.96. The average Bonchev–Trinajstić information content (AvgIpc) is 2.77. The molecular formula is C23H28N4O3. The first kappa shape index (κ1) is 20.2. The minimum absolute atomic E-state index is 0.0301. The molecule has 1 saturated heterocycles. The molecule has 0 N–H and O–H groups in total. The number of benzene rings is 1. The van der Waals surface area contributed by atoms with E-state index in [1.54, 1.807) is 11.1 Å². The Morgan fingerprint density at radius 2 is 1.83 bits per heavy atom. The minimum Gasteiger partial charge on any atom is -0.487 e. The lowest BCUT2D eigenvalue weighted by Gasteiger charge is -2.36. The Balaban J connectivity index is 1.31. The van der Waals surface area contributed by atoms with E-state index in [0.29, 0.717) is 19.6 Å². The zero-order chi connectivity index (χ0) is 21.1. The number of carbonyl (C=O) groups is 2. The van der Waals surface area contributed by atoms with E-state index in [1.165, 1.54) is 0 Å². The molecule has 1 atom stereocenters. The molecule has 0 radical (unpaired) electrons. The Morgan fingerprint density at radius 1 is 1.07 bits per heavy atom. The summed E-state index contributed by atoms with van der Waals surface area (Å²) in [6.07, 6.45) is 2.15. The lowest BCUT2D eigenvalue weighted by atomic mass is 10.1. The highest BCUT2D eigenvalue weighted by atomic mass is 16.5. The lowest BCUT2D eigenvalue weighted by Crippen LogP contribution is -2.49. The third-order valence-corrected chi connectivity index (χ3v) is 5.63. The molecule has 0 spiro atoms. The summed E-state index contributed by atoms with van der Waals surface area (Å²) in [6.45, 7) is 7.27. The van der Waals surface area contributed by atoms with E-state index >= 15 is 0 Å². The molecule has 30 heavy (non-hydrogen) atoms.